The van der Waals surface area contributed by atoms with Crippen molar-refractivity contribution in [3.8, 4) is 0 Å². The highest BCUT2D eigenvalue weighted by Gasteiger charge is 2.54. The summed E-state index contributed by atoms with van der Waals surface area (Å²) in [6, 6.07) is 19.9. The van der Waals surface area contributed by atoms with Crippen LogP contribution in [0, 0.1) is 5.92 Å². The van der Waals surface area contributed by atoms with Crippen LogP contribution in [0.3, 0.4) is 0 Å². The molecule has 3 atom stereocenters. The topological polar surface area (TPSA) is 26.3 Å². The summed E-state index contributed by atoms with van der Waals surface area (Å²) >= 11 is 1.92. The zero-order valence-electron chi connectivity index (χ0n) is 18.0. The molecule has 0 aliphatic heterocycles. The van der Waals surface area contributed by atoms with E-state index in [2.05, 4.69) is 64.1 Å². The molecule has 2 aromatic carbocycles. The normalized spacial score (nSPS) is 22.8. The molecule has 0 heterocycles. The van der Waals surface area contributed by atoms with Gasteiger partial charge in [-0.15, -0.1) is 11.8 Å². The highest BCUT2D eigenvalue weighted by Crippen LogP contribution is 2.57. The number of carbonyl (C=O) groups excluding carboxylic acids is 1. The van der Waals surface area contributed by atoms with Crippen LogP contribution >= 0.6 is 11.8 Å². The second kappa shape index (κ2) is 9.21. The average Bonchev–Trinajstić information content (AvgIpc) is 2.68. The highest BCUT2D eigenvalue weighted by molar-refractivity contribution is 8.00. The fraction of sp³-hybridized carbons (Fsp3) is 0.423. The van der Waals surface area contributed by atoms with Gasteiger partial charge >= 0.3 is 5.97 Å². The van der Waals surface area contributed by atoms with E-state index < -0.39 is 5.60 Å². The fourth-order valence-corrected chi connectivity index (χ4v) is 5.88. The quantitative estimate of drug-likeness (QED) is 0.338. The summed E-state index contributed by atoms with van der Waals surface area (Å²) in [5.74, 6) is 0.0997. The molecule has 2 nitrogen and oxygen atoms in total. The van der Waals surface area contributed by atoms with Gasteiger partial charge in [0.15, 0.2) is 0 Å². The first kappa shape index (κ1) is 21.7. The summed E-state index contributed by atoms with van der Waals surface area (Å²) in [5.41, 5.74) is 1.43. The van der Waals surface area contributed by atoms with E-state index in [1.807, 2.05) is 42.1 Å². The Kier molecular flexibility index (Phi) is 6.89. The molecule has 2 aromatic rings. The molecular formula is C26H32O2S. The van der Waals surface area contributed by atoms with E-state index in [1.54, 1.807) is 0 Å². The van der Waals surface area contributed by atoms with Gasteiger partial charge in [-0.3, -0.25) is 0 Å². The van der Waals surface area contributed by atoms with Crippen molar-refractivity contribution in [3.05, 3.63) is 77.9 Å². The van der Waals surface area contributed by atoms with Crippen LogP contribution in [0.5, 0.6) is 0 Å². The van der Waals surface area contributed by atoms with Gasteiger partial charge in [-0.05, 0) is 77.6 Å². The van der Waals surface area contributed by atoms with E-state index >= 15 is 0 Å². The fourth-order valence-electron chi connectivity index (χ4n) is 4.32. The number of esters is 1. The average molecular weight is 409 g/mol. The van der Waals surface area contributed by atoms with Gasteiger partial charge in [0.2, 0.25) is 0 Å². The SMILES string of the molecule is CC(C)=CCC[C@@](C)(OC(=O)c1ccccc1)[C@H]1CC[C@]1(C)Sc1ccccc1. The second-order valence-corrected chi connectivity index (χ2v) is 10.3. The largest absolute Gasteiger partial charge is 0.455 e. The predicted molar refractivity (Wildman–Crippen MR) is 122 cm³/mol. The summed E-state index contributed by atoms with van der Waals surface area (Å²) in [6.45, 7) is 8.70. The van der Waals surface area contributed by atoms with Crippen LogP contribution in [-0.2, 0) is 4.74 Å². The maximum Gasteiger partial charge on any atom is 0.338 e. The molecule has 1 saturated carbocycles. The van der Waals surface area contributed by atoms with Gasteiger partial charge in [-0.25, -0.2) is 4.79 Å². The Hall–Kier alpha value is -2.00. The van der Waals surface area contributed by atoms with E-state index in [0.717, 1.165) is 25.7 Å². The first-order chi connectivity index (χ1) is 13.8. The highest BCUT2D eigenvalue weighted by atomic mass is 32.2. The molecule has 0 unspecified atom stereocenters. The number of thioether (sulfide) groups is 1. The van der Waals surface area contributed by atoms with Crippen LogP contribution in [0.4, 0.5) is 0 Å². The minimum Gasteiger partial charge on any atom is -0.455 e. The Morgan fingerprint density at radius 1 is 1.14 bits per heavy atom. The molecule has 1 fully saturated rings. The van der Waals surface area contributed by atoms with Gasteiger partial charge in [-0.1, -0.05) is 48.0 Å². The third kappa shape index (κ3) is 5.33. The lowest BCUT2D eigenvalue weighted by Gasteiger charge is -2.54. The monoisotopic (exact) mass is 408 g/mol. The zero-order valence-corrected chi connectivity index (χ0v) is 18.8. The van der Waals surface area contributed by atoms with Crippen molar-refractivity contribution >= 4 is 17.7 Å². The molecule has 0 saturated heterocycles. The van der Waals surface area contributed by atoms with Crippen LogP contribution in [0.2, 0.25) is 0 Å². The first-order valence-electron chi connectivity index (χ1n) is 10.5. The molecule has 1 aliphatic carbocycles. The first-order valence-corrected chi connectivity index (χ1v) is 11.3. The Balaban J connectivity index is 1.82. The number of hydrogen-bond acceptors (Lipinski definition) is 3. The smallest absolute Gasteiger partial charge is 0.338 e. The third-order valence-corrected chi connectivity index (χ3v) is 7.49. The number of allylic oxidation sites excluding steroid dienone is 2. The summed E-state index contributed by atoms with van der Waals surface area (Å²) < 4.78 is 6.33. The van der Waals surface area contributed by atoms with Crippen LogP contribution in [0.1, 0.15) is 63.7 Å². The van der Waals surface area contributed by atoms with Gasteiger partial charge in [0, 0.05) is 15.6 Å². The van der Waals surface area contributed by atoms with Crippen molar-refractivity contribution in [3.63, 3.8) is 0 Å². The molecule has 0 N–H and O–H groups in total. The van der Waals surface area contributed by atoms with Crippen molar-refractivity contribution in [2.24, 2.45) is 5.92 Å². The van der Waals surface area contributed by atoms with Crippen molar-refractivity contribution in [2.45, 2.75) is 68.6 Å². The van der Waals surface area contributed by atoms with Crippen molar-refractivity contribution in [2.75, 3.05) is 0 Å². The van der Waals surface area contributed by atoms with Crippen LogP contribution < -0.4 is 0 Å². The van der Waals surface area contributed by atoms with Crippen molar-refractivity contribution < 1.29 is 9.53 Å². The molecule has 29 heavy (non-hydrogen) atoms. The van der Waals surface area contributed by atoms with E-state index in [9.17, 15) is 4.79 Å². The lowest BCUT2D eigenvalue weighted by Crippen LogP contribution is -2.55. The molecule has 3 heteroatoms. The Morgan fingerprint density at radius 3 is 2.31 bits per heavy atom. The maximum absolute atomic E-state index is 12.9. The Morgan fingerprint density at radius 2 is 1.76 bits per heavy atom. The van der Waals surface area contributed by atoms with Gasteiger partial charge < -0.3 is 4.74 Å². The Bertz CT molecular complexity index is 842. The van der Waals surface area contributed by atoms with Gasteiger partial charge in [0.05, 0.1) is 5.56 Å². The zero-order chi connectivity index (χ0) is 20.9. The number of rotatable bonds is 8. The molecule has 0 radical (unpaired) electrons. The number of ether oxygens (including phenoxy) is 1. The molecule has 1 aliphatic rings. The van der Waals surface area contributed by atoms with Crippen LogP contribution in [0.25, 0.3) is 0 Å². The third-order valence-electron chi connectivity index (χ3n) is 6.03. The minimum absolute atomic E-state index is 0.0675. The van der Waals surface area contributed by atoms with Crippen LogP contribution in [0.15, 0.2) is 77.2 Å². The van der Waals surface area contributed by atoms with E-state index in [-0.39, 0.29) is 10.7 Å². The predicted octanol–water partition coefficient (Wildman–Crippen LogP) is 7.31. The summed E-state index contributed by atoms with van der Waals surface area (Å²) in [6.07, 6.45) is 6.23. The standard InChI is InChI=1S/C26H32O2S/c1-20(2)12-11-18-25(3,28-24(27)21-13-7-5-8-14-21)23-17-19-26(23,4)29-22-15-9-6-10-16-22/h5-10,12-16,23H,11,17-19H2,1-4H3/t23-,25-,26+/m1/s1. The maximum atomic E-state index is 12.9. The summed E-state index contributed by atoms with van der Waals surface area (Å²) in [5, 5.41) is 0. The Labute approximate surface area is 179 Å². The molecule has 0 spiro atoms. The van der Waals surface area contributed by atoms with Crippen molar-refractivity contribution in [1.82, 2.24) is 0 Å². The van der Waals surface area contributed by atoms with Crippen LogP contribution in [-0.4, -0.2) is 16.3 Å². The number of hydrogen-bond donors (Lipinski definition) is 0. The molecule has 154 valence electrons. The summed E-state index contributed by atoms with van der Waals surface area (Å²) in [4.78, 5) is 14.2. The van der Waals surface area contributed by atoms with Gasteiger partial charge in [0.25, 0.3) is 0 Å². The summed E-state index contributed by atoms with van der Waals surface area (Å²) in [7, 11) is 0. The minimum atomic E-state index is -0.492. The van der Waals surface area contributed by atoms with Gasteiger partial charge in [-0.2, -0.15) is 0 Å². The molecule has 0 amide bonds. The van der Waals surface area contributed by atoms with Gasteiger partial charge in [0.1, 0.15) is 5.60 Å². The molecular weight excluding hydrogens is 376 g/mol. The number of carbonyl (C=O) groups is 1. The van der Waals surface area contributed by atoms with E-state index in [0.29, 0.717) is 11.5 Å². The molecule has 3 rings (SSSR count). The molecule has 0 aromatic heterocycles. The van der Waals surface area contributed by atoms with E-state index in [4.69, 9.17) is 4.74 Å². The van der Waals surface area contributed by atoms with Crippen molar-refractivity contribution in [1.29, 1.82) is 0 Å². The lowest BCUT2D eigenvalue weighted by molar-refractivity contribution is -0.0774. The second-order valence-electron chi connectivity index (χ2n) is 8.71. The lowest BCUT2D eigenvalue weighted by atomic mass is 9.64. The molecule has 0 bridgehead atoms. The van der Waals surface area contributed by atoms with E-state index in [1.165, 1.54) is 10.5 Å². The number of benzene rings is 2.